The minimum atomic E-state index is -1.11. The molecule has 0 fully saturated rings. The lowest BCUT2D eigenvalue weighted by Gasteiger charge is -2.00. The molecule has 0 aliphatic rings. The molecule has 1 rings (SSSR count). The molecule has 74 valence electrons. The predicted octanol–water partition coefficient (Wildman–Crippen LogP) is 3.45. The molecule has 5 heteroatoms. The smallest absolute Gasteiger partial charge is 0.328 e. The van der Waals surface area contributed by atoms with Crippen molar-refractivity contribution < 1.29 is 14.3 Å². The van der Waals surface area contributed by atoms with Crippen molar-refractivity contribution in [2.75, 3.05) is 0 Å². The molecule has 0 aliphatic carbocycles. The van der Waals surface area contributed by atoms with Crippen LogP contribution in [0.4, 0.5) is 4.39 Å². The number of carboxylic acid groups (broad SMARTS) is 1. The summed E-state index contributed by atoms with van der Waals surface area (Å²) < 4.78 is 14.4. The van der Waals surface area contributed by atoms with Crippen LogP contribution in [0.3, 0.4) is 0 Å². The molecule has 1 aromatic rings. The molecule has 0 unspecified atom stereocenters. The molecule has 2 nitrogen and oxygen atoms in total. The first kappa shape index (κ1) is 11.4. The van der Waals surface area contributed by atoms with Crippen molar-refractivity contribution in [3.8, 4) is 0 Å². The molecule has 0 bridgehead atoms. The molecule has 0 saturated carbocycles. The largest absolute Gasteiger partial charge is 0.478 e. The number of carboxylic acids is 1. The maximum atomic E-state index is 13.2. The molecule has 0 aliphatic heterocycles. The average Bonchev–Trinajstić information content (AvgIpc) is 2.09. The number of halogens is 3. The van der Waals surface area contributed by atoms with Crippen molar-refractivity contribution in [3.05, 3.63) is 38.5 Å². The summed E-state index contributed by atoms with van der Waals surface area (Å²) in [7, 11) is 0. The summed E-state index contributed by atoms with van der Waals surface area (Å²) >= 11 is 6.33. The Morgan fingerprint density at radius 2 is 1.93 bits per heavy atom. The molecule has 1 aromatic carbocycles. The number of hydrogen-bond donors (Lipinski definition) is 1. The lowest BCUT2D eigenvalue weighted by atomic mass is 10.2. The zero-order valence-electron chi connectivity index (χ0n) is 6.80. The van der Waals surface area contributed by atoms with Gasteiger partial charge in [0.2, 0.25) is 0 Å². The Bertz CT molecular complexity index is 402. The Balaban J connectivity index is 3.10. The second kappa shape index (κ2) is 4.70. The zero-order chi connectivity index (χ0) is 10.7. The summed E-state index contributed by atoms with van der Waals surface area (Å²) in [4.78, 5) is 10.2. The van der Waals surface area contributed by atoms with E-state index in [0.717, 1.165) is 6.08 Å². The second-order valence-corrected chi connectivity index (χ2v) is 4.17. The van der Waals surface area contributed by atoms with E-state index < -0.39 is 11.8 Å². The first-order valence-electron chi connectivity index (χ1n) is 3.56. The predicted molar refractivity (Wildman–Crippen MR) is 58.5 cm³/mol. The Kier molecular flexibility index (Phi) is 3.83. The summed E-state index contributed by atoms with van der Waals surface area (Å²) in [5.41, 5.74) is 0.225. The van der Waals surface area contributed by atoms with Gasteiger partial charge in [0.05, 0.1) is 0 Å². The van der Waals surface area contributed by atoms with Gasteiger partial charge in [0.1, 0.15) is 5.82 Å². The summed E-state index contributed by atoms with van der Waals surface area (Å²) in [6.45, 7) is 0. The first-order chi connectivity index (χ1) is 6.50. The van der Waals surface area contributed by atoms with Crippen LogP contribution >= 0.6 is 31.9 Å². The highest BCUT2D eigenvalue weighted by molar-refractivity contribution is 9.13. The van der Waals surface area contributed by atoms with E-state index in [1.165, 1.54) is 18.2 Å². The van der Waals surface area contributed by atoms with Crippen LogP contribution in [0.15, 0.2) is 27.2 Å². The molecule has 0 heterocycles. The Morgan fingerprint density at radius 1 is 1.36 bits per heavy atom. The van der Waals surface area contributed by atoms with Crippen molar-refractivity contribution in [2.45, 2.75) is 0 Å². The van der Waals surface area contributed by atoms with Crippen LogP contribution in [-0.4, -0.2) is 11.1 Å². The minimum Gasteiger partial charge on any atom is -0.478 e. The summed E-state index contributed by atoms with van der Waals surface area (Å²) in [6.07, 6.45) is 2.09. The van der Waals surface area contributed by atoms with Crippen molar-refractivity contribution in [3.63, 3.8) is 0 Å². The van der Waals surface area contributed by atoms with Crippen LogP contribution in [-0.2, 0) is 4.79 Å². The lowest BCUT2D eigenvalue weighted by Crippen LogP contribution is -1.88. The minimum absolute atomic E-state index is 0.225. The van der Waals surface area contributed by atoms with Crippen LogP contribution in [0.2, 0.25) is 0 Å². The molecule has 1 N–H and O–H groups in total. The van der Waals surface area contributed by atoms with Crippen LogP contribution in [0.1, 0.15) is 5.56 Å². The fourth-order valence-electron chi connectivity index (χ4n) is 0.827. The summed E-state index contributed by atoms with van der Waals surface area (Å²) in [5.74, 6) is -1.58. The SMILES string of the molecule is O=C(O)C=Cc1cc(Br)c(Br)cc1F. The molecule has 0 saturated heterocycles. The Morgan fingerprint density at radius 3 is 2.50 bits per heavy atom. The molecule has 0 atom stereocenters. The molecule has 0 aromatic heterocycles. The molecule has 0 amide bonds. The highest BCUT2D eigenvalue weighted by Gasteiger charge is 2.04. The third kappa shape index (κ3) is 2.92. The number of aliphatic carboxylic acids is 1. The van der Waals surface area contributed by atoms with Crippen molar-refractivity contribution in [2.24, 2.45) is 0 Å². The maximum absolute atomic E-state index is 13.2. The van der Waals surface area contributed by atoms with E-state index in [0.29, 0.717) is 8.95 Å². The fourth-order valence-corrected chi connectivity index (χ4v) is 1.50. The monoisotopic (exact) mass is 322 g/mol. The molecular formula is C9H5Br2FO2. The number of carbonyl (C=O) groups is 1. The first-order valence-corrected chi connectivity index (χ1v) is 5.15. The maximum Gasteiger partial charge on any atom is 0.328 e. The van der Waals surface area contributed by atoms with Gasteiger partial charge in [0.15, 0.2) is 0 Å². The van der Waals surface area contributed by atoms with E-state index in [-0.39, 0.29) is 5.56 Å². The molecule has 14 heavy (non-hydrogen) atoms. The Hall–Kier alpha value is -0.680. The normalized spacial score (nSPS) is 10.8. The van der Waals surface area contributed by atoms with E-state index in [1.807, 2.05) is 0 Å². The molecule has 0 spiro atoms. The quantitative estimate of drug-likeness (QED) is 0.668. The van der Waals surface area contributed by atoms with Crippen LogP contribution in [0, 0.1) is 5.82 Å². The van der Waals surface area contributed by atoms with Crippen molar-refractivity contribution in [1.82, 2.24) is 0 Å². The summed E-state index contributed by atoms with van der Waals surface area (Å²) in [5, 5.41) is 8.36. The van der Waals surface area contributed by atoms with Crippen LogP contribution in [0.5, 0.6) is 0 Å². The average molecular weight is 324 g/mol. The molecule has 0 radical (unpaired) electrons. The molecular weight excluding hydrogens is 319 g/mol. The third-order valence-corrected chi connectivity index (χ3v) is 3.29. The van der Waals surface area contributed by atoms with Gasteiger partial charge < -0.3 is 5.11 Å². The highest BCUT2D eigenvalue weighted by Crippen LogP contribution is 2.26. The van der Waals surface area contributed by atoms with Gasteiger partial charge in [-0.2, -0.15) is 0 Å². The van der Waals surface area contributed by atoms with Gasteiger partial charge in [0, 0.05) is 20.6 Å². The Labute approximate surface area is 96.7 Å². The van der Waals surface area contributed by atoms with E-state index >= 15 is 0 Å². The van der Waals surface area contributed by atoms with Gasteiger partial charge >= 0.3 is 5.97 Å². The number of hydrogen-bond acceptors (Lipinski definition) is 1. The van der Waals surface area contributed by atoms with E-state index in [2.05, 4.69) is 31.9 Å². The summed E-state index contributed by atoms with van der Waals surface area (Å²) in [6, 6.07) is 2.77. The van der Waals surface area contributed by atoms with Crippen molar-refractivity contribution >= 4 is 43.9 Å². The van der Waals surface area contributed by atoms with Gasteiger partial charge in [-0.1, -0.05) is 0 Å². The van der Waals surface area contributed by atoms with Crippen LogP contribution in [0.25, 0.3) is 6.08 Å². The second-order valence-electron chi connectivity index (χ2n) is 2.46. The number of benzene rings is 1. The van der Waals surface area contributed by atoms with Gasteiger partial charge in [-0.3, -0.25) is 0 Å². The number of rotatable bonds is 2. The highest BCUT2D eigenvalue weighted by atomic mass is 79.9. The fraction of sp³-hybridized carbons (Fsp3) is 0. The zero-order valence-corrected chi connectivity index (χ0v) is 9.97. The van der Waals surface area contributed by atoms with Gasteiger partial charge in [0.25, 0.3) is 0 Å². The third-order valence-electron chi connectivity index (χ3n) is 1.45. The standard InChI is InChI=1S/C9H5Br2FO2/c10-6-3-5(1-2-9(13)14)8(12)4-7(6)11/h1-4H,(H,13,14). The lowest BCUT2D eigenvalue weighted by molar-refractivity contribution is -0.131. The van der Waals surface area contributed by atoms with E-state index in [1.54, 1.807) is 0 Å². The van der Waals surface area contributed by atoms with E-state index in [9.17, 15) is 9.18 Å². The topological polar surface area (TPSA) is 37.3 Å². The van der Waals surface area contributed by atoms with Gasteiger partial charge in [-0.15, -0.1) is 0 Å². The van der Waals surface area contributed by atoms with Crippen molar-refractivity contribution in [1.29, 1.82) is 0 Å². The van der Waals surface area contributed by atoms with Gasteiger partial charge in [-0.05, 0) is 50.1 Å². The van der Waals surface area contributed by atoms with E-state index in [4.69, 9.17) is 5.11 Å². The van der Waals surface area contributed by atoms with Crippen LogP contribution < -0.4 is 0 Å². The van der Waals surface area contributed by atoms with Gasteiger partial charge in [-0.25, -0.2) is 9.18 Å².